The first-order valence-corrected chi connectivity index (χ1v) is 6.50. The summed E-state index contributed by atoms with van der Waals surface area (Å²) in [5, 5.41) is 1.32. The Morgan fingerprint density at radius 3 is 3.00 bits per heavy atom. The molecule has 94 valence electrons. The maximum atomic E-state index is 6.01. The summed E-state index contributed by atoms with van der Waals surface area (Å²) in [7, 11) is 0. The molecule has 1 aromatic heterocycles. The number of aryl methyl sites for hydroxylation is 2. The van der Waals surface area contributed by atoms with Gasteiger partial charge in [0.05, 0.1) is 18.8 Å². The number of benzene rings is 1. The van der Waals surface area contributed by atoms with E-state index in [0.29, 0.717) is 6.61 Å². The number of hydrogen-bond donors (Lipinski definition) is 0. The van der Waals surface area contributed by atoms with E-state index < -0.39 is 5.79 Å². The van der Waals surface area contributed by atoms with Gasteiger partial charge in [-0.3, -0.25) is 0 Å². The smallest absolute Gasteiger partial charge is 0.208 e. The lowest BCUT2D eigenvalue weighted by Gasteiger charge is -2.31. The number of aromatic nitrogens is 1. The molecular weight excluding hydrogens is 226 g/mol. The molecule has 18 heavy (non-hydrogen) atoms. The first-order chi connectivity index (χ1) is 8.58. The van der Waals surface area contributed by atoms with E-state index in [-0.39, 0.29) is 6.10 Å². The van der Waals surface area contributed by atoms with Crippen LogP contribution in [0.3, 0.4) is 0 Å². The molecule has 2 aliphatic heterocycles. The second-order valence-electron chi connectivity index (χ2n) is 5.60. The van der Waals surface area contributed by atoms with Crippen LogP contribution in [-0.4, -0.2) is 17.3 Å². The van der Waals surface area contributed by atoms with E-state index in [1.165, 1.54) is 27.7 Å². The number of ether oxygens (including phenoxy) is 2. The molecule has 3 heteroatoms. The summed E-state index contributed by atoms with van der Waals surface area (Å²) in [6.07, 6.45) is 0.193. The van der Waals surface area contributed by atoms with E-state index in [1.54, 1.807) is 0 Å². The van der Waals surface area contributed by atoms with Crippen molar-refractivity contribution >= 4 is 10.9 Å². The van der Waals surface area contributed by atoms with E-state index in [2.05, 4.69) is 36.6 Å². The van der Waals surface area contributed by atoms with Crippen LogP contribution >= 0.6 is 0 Å². The third-order valence-electron chi connectivity index (χ3n) is 4.22. The number of rotatable bonds is 0. The molecule has 0 spiro atoms. The predicted molar refractivity (Wildman–Crippen MR) is 69.6 cm³/mol. The van der Waals surface area contributed by atoms with Gasteiger partial charge in [-0.25, -0.2) is 0 Å². The van der Waals surface area contributed by atoms with Crippen molar-refractivity contribution in [1.82, 2.24) is 4.57 Å². The van der Waals surface area contributed by atoms with Gasteiger partial charge in [0.2, 0.25) is 5.79 Å². The topological polar surface area (TPSA) is 23.4 Å². The second kappa shape index (κ2) is 3.16. The molecule has 0 amide bonds. The van der Waals surface area contributed by atoms with Gasteiger partial charge in [0, 0.05) is 10.9 Å². The Morgan fingerprint density at radius 2 is 2.17 bits per heavy atom. The molecular formula is C15H17NO2. The fourth-order valence-corrected chi connectivity index (χ4v) is 3.47. The van der Waals surface area contributed by atoms with Gasteiger partial charge in [-0.15, -0.1) is 0 Å². The lowest BCUT2D eigenvalue weighted by atomic mass is 10.1. The zero-order valence-electron chi connectivity index (χ0n) is 11.0. The maximum Gasteiger partial charge on any atom is 0.208 e. The summed E-state index contributed by atoms with van der Waals surface area (Å²) >= 11 is 0. The highest BCUT2D eigenvalue weighted by molar-refractivity contribution is 5.86. The van der Waals surface area contributed by atoms with Crippen molar-refractivity contribution in [2.75, 3.05) is 6.61 Å². The summed E-state index contributed by atoms with van der Waals surface area (Å²) in [5.74, 6) is -0.556. The monoisotopic (exact) mass is 243 g/mol. The van der Waals surface area contributed by atoms with Crippen molar-refractivity contribution in [2.24, 2.45) is 0 Å². The molecule has 1 saturated heterocycles. The SMILES string of the molecule is Cc1ccc2c(c1)c(C)c1n2C[C@@H]2CO[C@@]1(C)O2. The third-order valence-corrected chi connectivity index (χ3v) is 4.22. The summed E-state index contributed by atoms with van der Waals surface area (Å²) in [6, 6.07) is 6.65. The summed E-state index contributed by atoms with van der Waals surface area (Å²) in [4.78, 5) is 0. The fourth-order valence-electron chi connectivity index (χ4n) is 3.47. The van der Waals surface area contributed by atoms with Crippen LogP contribution in [0, 0.1) is 13.8 Å². The Morgan fingerprint density at radius 1 is 1.33 bits per heavy atom. The third kappa shape index (κ3) is 1.16. The molecule has 0 saturated carbocycles. The van der Waals surface area contributed by atoms with Gasteiger partial charge in [0.1, 0.15) is 6.10 Å². The standard InChI is InChI=1S/C15H17NO2/c1-9-4-5-13-12(6-9)10(2)14-15(3)17-8-11(18-15)7-16(13)14/h4-6,11H,7-8H2,1-3H3/t11-,15+/m1/s1. The minimum Gasteiger partial charge on any atom is -0.342 e. The summed E-state index contributed by atoms with van der Waals surface area (Å²) in [5.41, 5.74) is 5.08. The van der Waals surface area contributed by atoms with Crippen LogP contribution in [0.4, 0.5) is 0 Å². The lowest BCUT2D eigenvalue weighted by Crippen LogP contribution is -2.34. The zero-order valence-corrected chi connectivity index (χ0v) is 11.0. The largest absolute Gasteiger partial charge is 0.342 e. The molecule has 3 heterocycles. The van der Waals surface area contributed by atoms with Crippen molar-refractivity contribution in [3.63, 3.8) is 0 Å². The molecule has 2 atom stereocenters. The van der Waals surface area contributed by atoms with Gasteiger partial charge in [0.25, 0.3) is 0 Å². The molecule has 2 aromatic rings. The molecule has 2 aliphatic rings. The molecule has 1 fully saturated rings. The predicted octanol–water partition coefficient (Wildman–Crippen LogP) is 2.86. The van der Waals surface area contributed by atoms with Gasteiger partial charge in [-0.2, -0.15) is 0 Å². The van der Waals surface area contributed by atoms with Crippen molar-refractivity contribution in [3.8, 4) is 0 Å². The fraction of sp³-hybridized carbons (Fsp3) is 0.467. The molecule has 0 aliphatic carbocycles. The quantitative estimate of drug-likeness (QED) is 0.710. The van der Waals surface area contributed by atoms with Crippen LogP contribution in [0.5, 0.6) is 0 Å². The van der Waals surface area contributed by atoms with E-state index in [1.807, 2.05) is 6.92 Å². The van der Waals surface area contributed by atoms with Gasteiger partial charge < -0.3 is 14.0 Å². The van der Waals surface area contributed by atoms with Crippen molar-refractivity contribution in [3.05, 3.63) is 35.0 Å². The minimum atomic E-state index is -0.556. The number of hydrogen-bond acceptors (Lipinski definition) is 2. The summed E-state index contributed by atoms with van der Waals surface area (Å²) < 4.78 is 14.3. The van der Waals surface area contributed by atoms with Crippen molar-refractivity contribution in [2.45, 2.75) is 39.2 Å². The number of fused-ring (bicyclic) bond motifs is 6. The normalized spacial score (nSPS) is 29.8. The Kier molecular flexibility index (Phi) is 1.86. The van der Waals surface area contributed by atoms with Gasteiger partial charge in [-0.1, -0.05) is 11.6 Å². The highest BCUT2D eigenvalue weighted by Crippen LogP contribution is 2.44. The van der Waals surface area contributed by atoms with Crippen molar-refractivity contribution < 1.29 is 9.47 Å². The Balaban J connectivity index is 2.10. The molecule has 0 unspecified atom stereocenters. The van der Waals surface area contributed by atoms with Crippen LogP contribution in [-0.2, 0) is 21.8 Å². The van der Waals surface area contributed by atoms with E-state index in [4.69, 9.17) is 9.47 Å². The summed E-state index contributed by atoms with van der Waals surface area (Å²) in [6.45, 7) is 7.95. The van der Waals surface area contributed by atoms with Gasteiger partial charge in [-0.05, 0) is 38.5 Å². The van der Waals surface area contributed by atoms with Crippen LogP contribution in [0.1, 0.15) is 23.7 Å². The lowest BCUT2D eigenvalue weighted by molar-refractivity contribution is -0.178. The second-order valence-corrected chi connectivity index (χ2v) is 5.60. The molecule has 0 N–H and O–H groups in total. The Labute approximate surface area is 106 Å². The minimum absolute atomic E-state index is 0.193. The van der Waals surface area contributed by atoms with E-state index in [0.717, 1.165) is 6.54 Å². The first-order valence-electron chi connectivity index (χ1n) is 6.50. The Hall–Kier alpha value is -1.32. The van der Waals surface area contributed by atoms with Crippen LogP contribution in [0.15, 0.2) is 18.2 Å². The Bertz CT molecular complexity index is 658. The van der Waals surface area contributed by atoms with Crippen LogP contribution < -0.4 is 0 Å². The molecule has 4 rings (SSSR count). The van der Waals surface area contributed by atoms with E-state index >= 15 is 0 Å². The molecule has 3 nitrogen and oxygen atoms in total. The van der Waals surface area contributed by atoms with Crippen molar-refractivity contribution in [1.29, 1.82) is 0 Å². The molecule has 2 bridgehead atoms. The van der Waals surface area contributed by atoms with Crippen LogP contribution in [0.25, 0.3) is 10.9 Å². The average molecular weight is 243 g/mol. The first kappa shape index (κ1) is 10.6. The zero-order chi connectivity index (χ0) is 12.5. The molecule has 0 radical (unpaired) electrons. The molecule has 1 aromatic carbocycles. The highest BCUT2D eigenvalue weighted by atomic mass is 16.7. The maximum absolute atomic E-state index is 6.01. The van der Waals surface area contributed by atoms with Gasteiger partial charge >= 0.3 is 0 Å². The average Bonchev–Trinajstić information content (AvgIpc) is 2.78. The van der Waals surface area contributed by atoms with Gasteiger partial charge in [0.15, 0.2) is 0 Å². The number of nitrogens with zero attached hydrogens (tertiary/aromatic N) is 1. The van der Waals surface area contributed by atoms with Crippen LogP contribution in [0.2, 0.25) is 0 Å². The highest BCUT2D eigenvalue weighted by Gasteiger charge is 2.47. The van der Waals surface area contributed by atoms with E-state index in [9.17, 15) is 0 Å².